The van der Waals surface area contributed by atoms with Crippen LogP contribution >= 0.6 is 0 Å². The van der Waals surface area contributed by atoms with Gasteiger partial charge < -0.3 is 15.0 Å². The van der Waals surface area contributed by atoms with E-state index in [1.807, 2.05) is 0 Å². The molecule has 7 nitrogen and oxygen atoms in total. The lowest BCUT2D eigenvalue weighted by molar-refractivity contribution is 0.0531. The van der Waals surface area contributed by atoms with Crippen molar-refractivity contribution in [2.45, 2.75) is 32.9 Å². The van der Waals surface area contributed by atoms with Gasteiger partial charge in [0, 0.05) is 26.8 Å². The minimum atomic E-state index is -0.624. The van der Waals surface area contributed by atoms with Crippen LogP contribution in [0.4, 0.5) is 9.18 Å². The van der Waals surface area contributed by atoms with Gasteiger partial charge in [0.25, 0.3) is 5.91 Å². The highest BCUT2D eigenvalue weighted by molar-refractivity contribution is 5.93. The standard InChI is InChI=1S/C15H23FN4O3/c1-15(2,3)23-14(22)17-7-11(6-16)9-20-10-12(8-18-20)13(21)19(4)5/h6,8,10H,7,9H2,1-5H3,(H,17,22)/b11-6+. The third-order valence-electron chi connectivity index (χ3n) is 2.66. The lowest BCUT2D eigenvalue weighted by Crippen LogP contribution is -2.34. The van der Waals surface area contributed by atoms with Crippen molar-refractivity contribution < 1.29 is 18.7 Å². The van der Waals surface area contributed by atoms with E-state index in [2.05, 4.69) is 10.4 Å². The van der Waals surface area contributed by atoms with Crippen LogP contribution in [0.15, 0.2) is 24.3 Å². The van der Waals surface area contributed by atoms with Gasteiger partial charge in [-0.05, 0) is 26.3 Å². The van der Waals surface area contributed by atoms with E-state index in [1.165, 1.54) is 22.0 Å². The Labute approximate surface area is 135 Å². The van der Waals surface area contributed by atoms with Crippen molar-refractivity contribution in [1.29, 1.82) is 0 Å². The number of hydrogen-bond acceptors (Lipinski definition) is 4. The predicted octanol–water partition coefficient (Wildman–Crippen LogP) is 1.96. The first-order valence-corrected chi connectivity index (χ1v) is 7.11. The summed E-state index contributed by atoms with van der Waals surface area (Å²) in [6.45, 7) is 5.33. The van der Waals surface area contributed by atoms with Crippen LogP contribution in [0.3, 0.4) is 0 Å². The van der Waals surface area contributed by atoms with Gasteiger partial charge in [0.2, 0.25) is 0 Å². The zero-order valence-electron chi connectivity index (χ0n) is 14.1. The molecule has 23 heavy (non-hydrogen) atoms. The highest BCUT2D eigenvalue weighted by atomic mass is 19.1. The molecule has 2 amide bonds. The number of nitrogens with one attached hydrogen (secondary N) is 1. The molecular weight excluding hydrogens is 303 g/mol. The van der Waals surface area contributed by atoms with Gasteiger partial charge in [-0.15, -0.1) is 0 Å². The van der Waals surface area contributed by atoms with Crippen LogP contribution in [-0.2, 0) is 11.3 Å². The predicted molar refractivity (Wildman–Crippen MR) is 83.7 cm³/mol. The van der Waals surface area contributed by atoms with Crippen molar-refractivity contribution in [2.75, 3.05) is 20.6 Å². The number of aromatic nitrogens is 2. The van der Waals surface area contributed by atoms with Crippen LogP contribution in [0.5, 0.6) is 0 Å². The Bertz CT molecular complexity index is 588. The van der Waals surface area contributed by atoms with Gasteiger partial charge in [-0.1, -0.05) is 0 Å². The minimum Gasteiger partial charge on any atom is -0.444 e. The quantitative estimate of drug-likeness (QED) is 0.897. The van der Waals surface area contributed by atoms with Crippen molar-refractivity contribution >= 4 is 12.0 Å². The first-order valence-electron chi connectivity index (χ1n) is 7.11. The molecule has 0 aromatic carbocycles. The molecule has 0 aliphatic rings. The molecule has 1 N–H and O–H groups in total. The highest BCUT2D eigenvalue weighted by Crippen LogP contribution is 2.08. The molecule has 1 aromatic heterocycles. The summed E-state index contributed by atoms with van der Waals surface area (Å²) in [6, 6.07) is 0. The molecule has 0 aliphatic heterocycles. The highest BCUT2D eigenvalue weighted by Gasteiger charge is 2.16. The van der Waals surface area contributed by atoms with Gasteiger partial charge >= 0.3 is 6.09 Å². The lowest BCUT2D eigenvalue weighted by atomic mass is 10.2. The second-order valence-electron chi connectivity index (χ2n) is 6.25. The summed E-state index contributed by atoms with van der Waals surface area (Å²) in [7, 11) is 3.27. The molecule has 1 rings (SSSR count). The third-order valence-corrected chi connectivity index (χ3v) is 2.66. The summed E-state index contributed by atoms with van der Waals surface area (Å²) < 4.78 is 19.5. The number of halogens is 1. The molecule has 1 aromatic rings. The number of carbonyl (C=O) groups is 2. The Morgan fingerprint density at radius 2 is 2.09 bits per heavy atom. The van der Waals surface area contributed by atoms with Crippen LogP contribution in [0, 0.1) is 0 Å². The van der Waals surface area contributed by atoms with E-state index >= 15 is 0 Å². The molecule has 0 spiro atoms. The Morgan fingerprint density at radius 3 is 2.61 bits per heavy atom. The topological polar surface area (TPSA) is 76.5 Å². The Balaban J connectivity index is 2.58. The fourth-order valence-electron chi connectivity index (χ4n) is 1.66. The zero-order chi connectivity index (χ0) is 17.6. The summed E-state index contributed by atoms with van der Waals surface area (Å²) in [5.41, 5.74) is 0.0868. The molecule has 8 heteroatoms. The molecule has 0 fully saturated rings. The van der Waals surface area contributed by atoms with Crippen LogP contribution in [0.1, 0.15) is 31.1 Å². The maximum Gasteiger partial charge on any atom is 0.407 e. The second-order valence-corrected chi connectivity index (χ2v) is 6.25. The Morgan fingerprint density at radius 1 is 1.43 bits per heavy atom. The number of amides is 2. The molecule has 1 heterocycles. The summed E-state index contributed by atoms with van der Waals surface area (Å²) in [6.07, 6.45) is 2.73. The zero-order valence-corrected chi connectivity index (χ0v) is 14.1. The van der Waals surface area contributed by atoms with E-state index in [4.69, 9.17) is 4.74 Å². The lowest BCUT2D eigenvalue weighted by Gasteiger charge is -2.20. The van der Waals surface area contributed by atoms with Gasteiger partial charge in [-0.2, -0.15) is 5.10 Å². The van der Waals surface area contributed by atoms with Gasteiger partial charge in [-0.25, -0.2) is 9.18 Å². The smallest absolute Gasteiger partial charge is 0.407 e. The van der Waals surface area contributed by atoms with E-state index in [9.17, 15) is 14.0 Å². The van der Waals surface area contributed by atoms with Crippen molar-refractivity contribution in [3.05, 3.63) is 29.9 Å². The number of hydrogen-bond donors (Lipinski definition) is 1. The summed E-state index contributed by atoms with van der Waals surface area (Å²) >= 11 is 0. The van der Waals surface area contributed by atoms with E-state index in [0.717, 1.165) is 0 Å². The molecule has 128 valence electrons. The van der Waals surface area contributed by atoms with E-state index < -0.39 is 11.7 Å². The van der Waals surface area contributed by atoms with Gasteiger partial charge in [0.15, 0.2) is 0 Å². The average Bonchev–Trinajstić information content (AvgIpc) is 2.88. The van der Waals surface area contributed by atoms with Crippen molar-refractivity contribution in [3.63, 3.8) is 0 Å². The molecule has 0 atom stereocenters. The number of ether oxygens (including phenoxy) is 1. The molecule has 0 saturated heterocycles. The second kappa shape index (κ2) is 7.75. The third kappa shape index (κ3) is 6.50. The van der Waals surface area contributed by atoms with Gasteiger partial charge in [0.05, 0.1) is 24.6 Å². The SMILES string of the molecule is CN(C)C(=O)c1cnn(C/C(=C/F)CNC(=O)OC(C)(C)C)c1. The van der Waals surface area contributed by atoms with E-state index in [-0.39, 0.29) is 19.0 Å². The summed E-state index contributed by atoms with van der Waals surface area (Å²) in [5.74, 6) is -0.186. The van der Waals surface area contributed by atoms with Crippen molar-refractivity contribution in [3.8, 4) is 0 Å². The maximum absolute atomic E-state index is 13.0. The van der Waals surface area contributed by atoms with Crippen LogP contribution in [-0.4, -0.2) is 52.9 Å². The molecule has 0 saturated carbocycles. The monoisotopic (exact) mass is 326 g/mol. The van der Waals surface area contributed by atoms with E-state index in [1.54, 1.807) is 34.9 Å². The Kier molecular flexibility index (Phi) is 6.29. The maximum atomic E-state index is 13.0. The normalized spacial score (nSPS) is 12.0. The average molecular weight is 326 g/mol. The molecule has 0 radical (unpaired) electrons. The first kappa shape index (κ1) is 18.7. The molecule has 0 bridgehead atoms. The number of rotatable bonds is 5. The number of alkyl carbamates (subject to hydrolysis) is 1. The fraction of sp³-hybridized carbons (Fsp3) is 0.533. The minimum absolute atomic E-state index is 0.0117. The van der Waals surface area contributed by atoms with Crippen LogP contribution < -0.4 is 5.32 Å². The molecule has 0 aliphatic carbocycles. The number of carbonyl (C=O) groups excluding carboxylic acids is 2. The summed E-state index contributed by atoms with van der Waals surface area (Å²) in [5, 5.41) is 6.48. The van der Waals surface area contributed by atoms with Crippen molar-refractivity contribution in [1.82, 2.24) is 20.0 Å². The molecular formula is C15H23FN4O3. The van der Waals surface area contributed by atoms with Crippen LogP contribution in [0.2, 0.25) is 0 Å². The van der Waals surface area contributed by atoms with Gasteiger partial charge in [-0.3, -0.25) is 9.48 Å². The van der Waals surface area contributed by atoms with Crippen LogP contribution in [0.25, 0.3) is 0 Å². The van der Waals surface area contributed by atoms with Crippen molar-refractivity contribution in [2.24, 2.45) is 0 Å². The molecule has 0 unspecified atom stereocenters. The largest absolute Gasteiger partial charge is 0.444 e. The van der Waals surface area contributed by atoms with E-state index in [0.29, 0.717) is 17.5 Å². The van der Waals surface area contributed by atoms with Gasteiger partial charge in [0.1, 0.15) is 5.60 Å². The first-order chi connectivity index (χ1) is 10.6. The summed E-state index contributed by atoms with van der Waals surface area (Å²) in [4.78, 5) is 24.7. The Hall–Kier alpha value is -2.38. The fourth-order valence-corrected chi connectivity index (χ4v) is 1.66. The number of nitrogens with zero attached hydrogens (tertiary/aromatic N) is 3.